The Bertz CT molecular complexity index is 705. The van der Waals surface area contributed by atoms with Gasteiger partial charge < -0.3 is 20.4 Å². The van der Waals surface area contributed by atoms with E-state index in [1.54, 1.807) is 13.3 Å². The number of aromatic nitrogens is 2. The molecule has 1 aromatic heterocycles. The van der Waals surface area contributed by atoms with Crippen molar-refractivity contribution in [1.29, 1.82) is 0 Å². The molecule has 3 N–H and O–H groups in total. The highest BCUT2D eigenvalue weighted by molar-refractivity contribution is 5.75. The highest BCUT2D eigenvalue weighted by Crippen LogP contribution is 2.30. The molecule has 0 amide bonds. The Balaban J connectivity index is 2.02. The van der Waals surface area contributed by atoms with Crippen molar-refractivity contribution in [3.8, 4) is 17.0 Å². The molecule has 22 heavy (non-hydrogen) atoms. The Morgan fingerprint density at radius 2 is 2.14 bits per heavy atom. The number of benzene rings is 1. The Morgan fingerprint density at radius 3 is 2.86 bits per heavy atom. The summed E-state index contributed by atoms with van der Waals surface area (Å²) < 4.78 is 5.27. The number of nitrogens with zero attached hydrogens (tertiary/aromatic N) is 2. The second kappa shape index (κ2) is 6.19. The van der Waals surface area contributed by atoms with Gasteiger partial charge in [-0.15, -0.1) is 0 Å². The molecule has 116 valence electrons. The first kappa shape index (κ1) is 14.6. The summed E-state index contributed by atoms with van der Waals surface area (Å²) >= 11 is 0. The normalized spacial score (nSPS) is 15.8. The number of rotatable bonds is 3. The molecule has 0 atom stereocenters. The van der Waals surface area contributed by atoms with Gasteiger partial charge in [0.25, 0.3) is 0 Å². The number of aromatic amines is 1. The van der Waals surface area contributed by atoms with Gasteiger partial charge in [0.05, 0.1) is 24.7 Å². The third kappa shape index (κ3) is 2.96. The van der Waals surface area contributed by atoms with Crippen LogP contribution in [0.15, 0.2) is 35.3 Å². The van der Waals surface area contributed by atoms with Crippen molar-refractivity contribution in [1.82, 2.24) is 9.97 Å². The Hall–Kier alpha value is -2.34. The van der Waals surface area contributed by atoms with Crippen LogP contribution in [0, 0.1) is 0 Å². The van der Waals surface area contributed by atoms with Crippen LogP contribution in [0.4, 0.5) is 5.69 Å². The largest absolute Gasteiger partial charge is 0.497 e. The Kier molecular flexibility index (Phi) is 4.11. The van der Waals surface area contributed by atoms with E-state index in [4.69, 9.17) is 10.5 Å². The Morgan fingerprint density at radius 1 is 1.36 bits per heavy atom. The SMILES string of the molecule is COc1cccc(-c2[nH]c(=O)ncc2N2CCC(N)CC2)c1. The van der Waals surface area contributed by atoms with Crippen LogP contribution in [0.5, 0.6) is 5.75 Å². The zero-order chi connectivity index (χ0) is 15.5. The maximum atomic E-state index is 11.7. The molecular formula is C16H20N4O2. The van der Waals surface area contributed by atoms with Crippen LogP contribution >= 0.6 is 0 Å². The highest BCUT2D eigenvalue weighted by Gasteiger charge is 2.20. The van der Waals surface area contributed by atoms with Crippen molar-refractivity contribution in [2.75, 3.05) is 25.1 Å². The smallest absolute Gasteiger partial charge is 0.345 e. The molecule has 2 aromatic rings. The molecule has 0 unspecified atom stereocenters. The minimum Gasteiger partial charge on any atom is -0.497 e. The average molecular weight is 300 g/mol. The van der Waals surface area contributed by atoms with Crippen molar-refractivity contribution in [2.24, 2.45) is 5.73 Å². The van der Waals surface area contributed by atoms with Crippen LogP contribution in [0.1, 0.15) is 12.8 Å². The summed E-state index contributed by atoms with van der Waals surface area (Å²) in [5.74, 6) is 0.752. The van der Waals surface area contributed by atoms with Crippen molar-refractivity contribution in [2.45, 2.75) is 18.9 Å². The maximum Gasteiger partial charge on any atom is 0.345 e. The van der Waals surface area contributed by atoms with Crippen LogP contribution in [-0.2, 0) is 0 Å². The number of H-pyrrole nitrogens is 1. The molecule has 0 spiro atoms. The van der Waals surface area contributed by atoms with E-state index >= 15 is 0 Å². The number of nitrogens with two attached hydrogens (primary N) is 1. The first-order valence-corrected chi connectivity index (χ1v) is 7.41. The topological polar surface area (TPSA) is 84.2 Å². The molecule has 2 heterocycles. The third-order valence-electron chi connectivity index (χ3n) is 4.03. The first-order chi connectivity index (χ1) is 10.7. The summed E-state index contributed by atoms with van der Waals surface area (Å²) in [5.41, 5.74) is 8.23. The number of hydrogen-bond acceptors (Lipinski definition) is 5. The van der Waals surface area contributed by atoms with E-state index in [9.17, 15) is 4.79 Å². The molecule has 0 radical (unpaired) electrons. The summed E-state index contributed by atoms with van der Waals surface area (Å²) in [6, 6.07) is 7.90. The fraction of sp³-hybridized carbons (Fsp3) is 0.375. The van der Waals surface area contributed by atoms with Crippen LogP contribution in [0.25, 0.3) is 11.3 Å². The second-order valence-electron chi connectivity index (χ2n) is 5.51. The number of hydrogen-bond donors (Lipinski definition) is 2. The van der Waals surface area contributed by atoms with Crippen molar-refractivity contribution in [3.05, 3.63) is 40.9 Å². The van der Waals surface area contributed by atoms with E-state index in [2.05, 4.69) is 14.9 Å². The molecule has 1 saturated heterocycles. The predicted molar refractivity (Wildman–Crippen MR) is 86.3 cm³/mol. The fourth-order valence-corrected chi connectivity index (χ4v) is 2.77. The van der Waals surface area contributed by atoms with E-state index in [0.29, 0.717) is 0 Å². The number of nitrogens with one attached hydrogen (secondary N) is 1. The van der Waals surface area contributed by atoms with Crippen molar-refractivity contribution < 1.29 is 4.74 Å². The highest BCUT2D eigenvalue weighted by atomic mass is 16.5. The van der Waals surface area contributed by atoms with Gasteiger partial charge in [-0.05, 0) is 25.0 Å². The monoisotopic (exact) mass is 300 g/mol. The lowest BCUT2D eigenvalue weighted by atomic mass is 10.0. The predicted octanol–water partition coefficient (Wildman–Crippen LogP) is 1.37. The van der Waals surface area contributed by atoms with Crippen LogP contribution < -0.4 is 21.1 Å². The first-order valence-electron chi connectivity index (χ1n) is 7.41. The minimum atomic E-state index is -0.352. The molecule has 6 heteroatoms. The molecule has 0 aliphatic carbocycles. The van der Waals surface area contributed by atoms with Crippen LogP contribution in [-0.4, -0.2) is 36.2 Å². The number of anilines is 1. The van der Waals surface area contributed by atoms with E-state index < -0.39 is 0 Å². The van der Waals surface area contributed by atoms with E-state index in [1.807, 2.05) is 24.3 Å². The lowest BCUT2D eigenvalue weighted by molar-refractivity contribution is 0.415. The molecule has 0 saturated carbocycles. The summed E-state index contributed by atoms with van der Waals surface area (Å²) in [6.07, 6.45) is 3.53. The Labute approximate surface area is 128 Å². The van der Waals surface area contributed by atoms with Gasteiger partial charge in [-0.25, -0.2) is 4.79 Å². The van der Waals surface area contributed by atoms with E-state index in [1.165, 1.54) is 0 Å². The standard InChI is InChI=1S/C16H20N4O2/c1-22-13-4-2-3-11(9-13)15-14(10-18-16(21)19-15)20-7-5-12(17)6-8-20/h2-4,9-10,12H,5-8,17H2,1H3,(H,18,19,21). The second-order valence-corrected chi connectivity index (χ2v) is 5.51. The molecule has 1 aliphatic rings. The van der Waals surface area contributed by atoms with Gasteiger partial charge in [-0.2, -0.15) is 4.98 Å². The fourth-order valence-electron chi connectivity index (χ4n) is 2.77. The quantitative estimate of drug-likeness (QED) is 0.894. The van der Waals surface area contributed by atoms with Gasteiger partial charge in [0.1, 0.15) is 5.75 Å². The number of ether oxygens (including phenoxy) is 1. The van der Waals surface area contributed by atoms with Crippen molar-refractivity contribution >= 4 is 5.69 Å². The van der Waals surface area contributed by atoms with Gasteiger partial charge >= 0.3 is 5.69 Å². The number of piperidine rings is 1. The summed E-state index contributed by atoms with van der Waals surface area (Å²) in [4.78, 5) is 20.6. The molecule has 6 nitrogen and oxygen atoms in total. The summed E-state index contributed by atoms with van der Waals surface area (Å²) in [7, 11) is 1.63. The number of methoxy groups -OCH3 is 1. The lowest BCUT2D eigenvalue weighted by Gasteiger charge is -2.32. The molecular weight excluding hydrogens is 280 g/mol. The lowest BCUT2D eigenvalue weighted by Crippen LogP contribution is -2.40. The minimum absolute atomic E-state index is 0.257. The summed E-state index contributed by atoms with van der Waals surface area (Å²) in [5, 5.41) is 0. The van der Waals surface area contributed by atoms with Crippen LogP contribution in [0.3, 0.4) is 0 Å². The molecule has 3 rings (SSSR count). The zero-order valence-electron chi connectivity index (χ0n) is 12.6. The molecule has 1 aliphatic heterocycles. The van der Waals surface area contributed by atoms with E-state index in [-0.39, 0.29) is 11.7 Å². The maximum absolute atomic E-state index is 11.7. The molecule has 0 bridgehead atoms. The van der Waals surface area contributed by atoms with Gasteiger partial charge in [-0.1, -0.05) is 12.1 Å². The third-order valence-corrected chi connectivity index (χ3v) is 4.03. The van der Waals surface area contributed by atoms with E-state index in [0.717, 1.165) is 48.6 Å². The van der Waals surface area contributed by atoms with Gasteiger partial charge in [-0.3, -0.25) is 0 Å². The van der Waals surface area contributed by atoms with Crippen molar-refractivity contribution in [3.63, 3.8) is 0 Å². The van der Waals surface area contributed by atoms with Crippen LogP contribution in [0.2, 0.25) is 0 Å². The molecule has 1 aromatic carbocycles. The van der Waals surface area contributed by atoms with Gasteiger partial charge in [0.15, 0.2) is 0 Å². The zero-order valence-corrected chi connectivity index (χ0v) is 12.6. The average Bonchev–Trinajstić information content (AvgIpc) is 2.56. The van der Waals surface area contributed by atoms with Gasteiger partial charge in [0, 0.05) is 24.7 Å². The van der Waals surface area contributed by atoms with Gasteiger partial charge in [0.2, 0.25) is 0 Å². The molecule has 1 fully saturated rings. The summed E-state index contributed by atoms with van der Waals surface area (Å²) in [6.45, 7) is 1.73.